The van der Waals surface area contributed by atoms with E-state index in [4.69, 9.17) is 4.74 Å². The van der Waals surface area contributed by atoms with Gasteiger partial charge in [-0.05, 0) is 49.4 Å². The topological polar surface area (TPSA) is 44.7 Å². The minimum absolute atomic E-state index is 0.306. The van der Waals surface area contributed by atoms with Crippen molar-refractivity contribution in [1.82, 2.24) is 10.2 Å². The molecule has 2 N–H and O–H groups in total. The zero-order valence-electron chi connectivity index (χ0n) is 12.4. The van der Waals surface area contributed by atoms with Crippen LogP contribution >= 0.6 is 0 Å². The maximum Gasteiger partial charge on any atom is 0.119 e. The van der Waals surface area contributed by atoms with Crippen LogP contribution in [0.3, 0.4) is 0 Å². The smallest absolute Gasteiger partial charge is 0.119 e. The molecule has 3 aliphatic rings. The number of aromatic hydroxyl groups is 1. The van der Waals surface area contributed by atoms with Crippen molar-refractivity contribution < 1.29 is 9.84 Å². The number of phenolic OH excluding ortho intramolecular Hbond substituents is 1. The quantitative estimate of drug-likeness (QED) is 0.891. The number of fused-ring (bicyclic) bond motifs is 2. The summed E-state index contributed by atoms with van der Waals surface area (Å²) >= 11 is 0. The second-order valence-electron chi connectivity index (χ2n) is 6.59. The molecule has 0 radical (unpaired) electrons. The summed E-state index contributed by atoms with van der Waals surface area (Å²) in [5.74, 6) is 0.450. The molecule has 2 fully saturated rings. The summed E-state index contributed by atoms with van der Waals surface area (Å²) in [4.78, 5) is 2.59. The number of morpholine rings is 1. The third-order valence-corrected chi connectivity index (χ3v) is 5.30. The molecule has 2 saturated heterocycles. The van der Waals surface area contributed by atoms with Crippen LogP contribution in [-0.4, -0.2) is 48.4 Å². The number of ether oxygens (including phenoxy) is 1. The van der Waals surface area contributed by atoms with Gasteiger partial charge in [-0.1, -0.05) is 12.1 Å². The van der Waals surface area contributed by atoms with E-state index in [-0.39, 0.29) is 0 Å². The summed E-state index contributed by atoms with van der Waals surface area (Å²) < 4.78 is 6.01. The van der Waals surface area contributed by atoms with Crippen LogP contribution in [0.5, 0.6) is 5.75 Å². The zero-order valence-corrected chi connectivity index (χ0v) is 12.4. The minimum atomic E-state index is 0.306. The van der Waals surface area contributed by atoms with E-state index in [1.807, 2.05) is 6.07 Å². The molecule has 1 aliphatic carbocycles. The van der Waals surface area contributed by atoms with Gasteiger partial charge in [-0.15, -0.1) is 0 Å². The predicted molar refractivity (Wildman–Crippen MR) is 81.5 cm³/mol. The zero-order chi connectivity index (χ0) is 14.2. The van der Waals surface area contributed by atoms with Crippen molar-refractivity contribution in [2.45, 2.75) is 43.9 Å². The first-order valence-corrected chi connectivity index (χ1v) is 8.21. The van der Waals surface area contributed by atoms with Crippen molar-refractivity contribution in [3.8, 4) is 5.75 Å². The molecule has 2 heterocycles. The average Bonchev–Trinajstić information content (AvgIpc) is 3.12. The van der Waals surface area contributed by atoms with E-state index in [1.165, 1.54) is 24.9 Å². The molecule has 1 aromatic rings. The molecule has 4 nitrogen and oxygen atoms in total. The molecule has 2 aliphatic heterocycles. The molecule has 3 unspecified atom stereocenters. The first-order chi connectivity index (χ1) is 10.3. The van der Waals surface area contributed by atoms with Crippen LogP contribution in [-0.2, 0) is 11.2 Å². The Hall–Kier alpha value is -1.10. The van der Waals surface area contributed by atoms with Crippen molar-refractivity contribution in [2.75, 3.05) is 26.2 Å². The molecule has 0 saturated carbocycles. The molecular formula is C17H24N2O2. The van der Waals surface area contributed by atoms with Gasteiger partial charge in [0.2, 0.25) is 0 Å². The Kier molecular flexibility index (Phi) is 3.61. The monoisotopic (exact) mass is 288 g/mol. The molecule has 1 aromatic carbocycles. The molecule has 0 spiro atoms. The third-order valence-electron chi connectivity index (χ3n) is 5.30. The number of hydrogen-bond donors (Lipinski definition) is 2. The summed E-state index contributed by atoms with van der Waals surface area (Å²) in [7, 11) is 0. The van der Waals surface area contributed by atoms with Crippen LogP contribution in [0.4, 0.5) is 0 Å². The molecule has 4 heteroatoms. The highest BCUT2D eigenvalue weighted by molar-refractivity contribution is 5.44. The molecule has 0 amide bonds. The molecule has 4 rings (SSSR count). The molecule has 3 atom stereocenters. The average molecular weight is 288 g/mol. The Morgan fingerprint density at radius 1 is 1.33 bits per heavy atom. The second kappa shape index (κ2) is 5.59. The highest BCUT2D eigenvalue weighted by atomic mass is 16.5. The lowest BCUT2D eigenvalue weighted by Gasteiger charge is -2.35. The standard InChI is InChI=1S/C17H24N2O2/c20-17-5-1-4-14-15(17)6-7-16(14)18-9-13-10-19-8-2-3-12(19)11-21-13/h1,4-5,12-13,16,18,20H,2-3,6-11H2. The number of nitrogens with zero attached hydrogens (tertiary/aromatic N) is 1. The third kappa shape index (κ3) is 2.56. The number of phenols is 1. The Balaban J connectivity index is 1.35. The Labute approximate surface area is 126 Å². The van der Waals surface area contributed by atoms with Gasteiger partial charge in [-0.2, -0.15) is 0 Å². The Bertz CT molecular complexity index is 520. The molecule has 114 valence electrons. The fourth-order valence-electron chi connectivity index (χ4n) is 4.13. The fraction of sp³-hybridized carbons (Fsp3) is 0.647. The van der Waals surface area contributed by atoms with Crippen LogP contribution in [0.2, 0.25) is 0 Å². The van der Waals surface area contributed by atoms with Gasteiger partial charge in [0.25, 0.3) is 0 Å². The predicted octanol–water partition coefficient (Wildman–Crippen LogP) is 1.83. The van der Waals surface area contributed by atoms with Crippen molar-refractivity contribution >= 4 is 0 Å². The highest BCUT2D eigenvalue weighted by Crippen LogP contribution is 2.36. The van der Waals surface area contributed by atoms with Crippen LogP contribution in [0.1, 0.15) is 36.4 Å². The van der Waals surface area contributed by atoms with Gasteiger partial charge in [-0.3, -0.25) is 4.90 Å². The molecule has 21 heavy (non-hydrogen) atoms. The summed E-state index contributed by atoms with van der Waals surface area (Å²) in [6.07, 6.45) is 4.98. The van der Waals surface area contributed by atoms with Crippen LogP contribution < -0.4 is 5.32 Å². The molecular weight excluding hydrogens is 264 g/mol. The first kappa shape index (κ1) is 13.6. The van der Waals surface area contributed by atoms with Gasteiger partial charge in [0.05, 0.1) is 12.7 Å². The van der Waals surface area contributed by atoms with E-state index in [0.717, 1.165) is 38.1 Å². The summed E-state index contributed by atoms with van der Waals surface area (Å²) in [6.45, 7) is 4.11. The van der Waals surface area contributed by atoms with Gasteiger partial charge in [0.1, 0.15) is 5.75 Å². The van der Waals surface area contributed by atoms with Crippen LogP contribution in [0, 0.1) is 0 Å². The number of rotatable bonds is 3. The summed E-state index contributed by atoms with van der Waals surface area (Å²) in [5, 5.41) is 13.6. The van der Waals surface area contributed by atoms with E-state index in [2.05, 4.69) is 16.3 Å². The van der Waals surface area contributed by atoms with Crippen LogP contribution in [0.15, 0.2) is 18.2 Å². The SMILES string of the molecule is Oc1cccc2c1CCC2NCC1CN2CCCC2CO1. The lowest BCUT2D eigenvalue weighted by molar-refractivity contribution is -0.0478. The van der Waals surface area contributed by atoms with Gasteiger partial charge in [-0.25, -0.2) is 0 Å². The molecule has 0 aromatic heterocycles. The van der Waals surface area contributed by atoms with Gasteiger partial charge in [0.15, 0.2) is 0 Å². The fourth-order valence-corrected chi connectivity index (χ4v) is 4.13. The van der Waals surface area contributed by atoms with Gasteiger partial charge in [0, 0.05) is 25.2 Å². The van der Waals surface area contributed by atoms with Crippen molar-refractivity contribution in [1.29, 1.82) is 0 Å². The number of nitrogens with one attached hydrogen (secondary N) is 1. The number of benzene rings is 1. The van der Waals surface area contributed by atoms with E-state index in [1.54, 1.807) is 6.07 Å². The van der Waals surface area contributed by atoms with Gasteiger partial charge >= 0.3 is 0 Å². The Morgan fingerprint density at radius 3 is 3.24 bits per heavy atom. The lowest BCUT2D eigenvalue weighted by Crippen LogP contribution is -2.49. The summed E-state index contributed by atoms with van der Waals surface area (Å²) in [5.41, 5.74) is 2.39. The van der Waals surface area contributed by atoms with Crippen molar-refractivity contribution in [2.24, 2.45) is 0 Å². The van der Waals surface area contributed by atoms with E-state index < -0.39 is 0 Å². The van der Waals surface area contributed by atoms with Gasteiger partial charge < -0.3 is 15.2 Å². The number of hydrogen-bond acceptors (Lipinski definition) is 4. The summed E-state index contributed by atoms with van der Waals surface area (Å²) in [6, 6.07) is 6.91. The van der Waals surface area contributed by atoms with Crippen molar-refractivity contribution in [3.05, 3.63) is 29.3 Å². The largest absolute Gasteiger partial charge is 0.508 e. The van der Waals surface area contributed by atoms with E-state index in [0.29, 0.717) is 23.9 Å². The van der Waals surface area contributed by atoms with Crippen LogP contribution in [0.25, 0.3) is 0 Å². The first-order valence-electron chi connectivity index (χ1n) is 8.21. The van der Waals surface area contributed by atoms with Crippen molar-refractivity contribution in [3.63, 3.8) is 0 Å². The second-order valence-corrected chi connectivity index (χ2v) is 6.59. The van der Waals surface area contributed by atoms with E-state index >= 15 is 0 Å². The Morgan fingerprint density at radius 2 is 2.29 bits per heavy atom. The minimum Gasteiger partial charge on any atom is -0.508 e. The van der Waals surface area contributed by atoms with E-state index in [9.17, 15) is 5.11 Å². The maximum absolute atomic E-state index is 9.91. The lowest BCUT2D eigenvalue weighted by atomic mass is 10.1. The maximum atomic E-state index is 9.91. The normalized spacial score (nSPS) is 32.1. The molecule has 0 bridgehead atoms. The highest BCUT2D eigenvalue weighted by Gasteiger charge is 2.33.